The van der Waals surface area contributed by atoms with E-state index in [2.05, 4.69) is 28.6 Å². The molecule has 1 aliphatic rings. The van der Waals surface area contributed by atoms with Crippen molar-refractivity contribution in [2.45, 2.75) is 32.9 Å². The number of anilines is 1. The van der Waals surface area contributed by atoms with Crippen LogP contribution in [-0.2, 0) is 6.61 Å². The van der Waals surface area contributed by atoms with Gasteiger partial charge in [0.2, 0.25) is 5.88 Å². The van der Waals surface area contributed by atoms with Crippen LogP contribution in [0.3, 0.4) is 0 Å². The first kappa shape index (κ1) is 18.9. The minimum absolute atomic E-state index is 0.125. The molecule has 1 aromatic heterocycles. The number of ether oxygens (including phenoxy) is 1. The molecule has 0 radical (unpaired) electrons. The maximum atomic E-state index is 13.9. The van der Waals surface area contributed by atoms with Crippen LogP contribution >= 0.6 is 11.6 Å². The SMILES string of the molecule is CCCN1CCN(c2cccc(OCc3ccc(Cl)cc3F)n2)CC1C. The molecule has 4 nitrogen and oxygen atoms in total. The average Bonchev–Trinajstić information content (AvgIpc) is 2.63. The van der Waals surface area contributed by atoms with Crippen LogP contribution in [-0.4, -0.2) is 42.1 Å². The first-order valence-corrected chi connectivity index (χ1v) is 9.47. The Balaban J connectivity index is 1.63. The third-order valence-corrected chi connectivity index (χ3v) is 4.93. The summed E-state index contributed by atoms with van der Waals surface area (Å²) in [5.74, 6) is 1.04. The number of hydrogen-bond donors (Lipinski definition) is 0. The fourth-order valence-corrected chi connectivity index (χ4v) is 3.43. The van der Waals surface area contributed by atoms with Gasteiger partial charge in [0, 0.05) is 42.3 Å². The highest BCUT2D eigenvalue weighted by molar-refractivity contribution is 6.30. The summed E-state index contributed by atoms with van der Waals surface area (Å²) in [6.07, 6.45) is 1.17. The van der Waals surface area contributed by atoms with Crippen LogP contribution in [0.15, 0.2) is 36.4 Å². The number of halogens is 2. The summed E-state index contributed by atoms with van der Waals surface area (Å²) in [6.45, 7) is 8.67. The number of aromatic nitrogens is 1. The maximum absolute atomic E-state index is 13.9. The molecule has 1 fully saturated rings. The predicted octanol–water partition coefficient (Wildman–Crippen LogP) is 4.37. The van der Waals surface area contributed by atoms with Crippen molar-refractivity contribution in [3.05, 3.63) is 52.8 Å². The molecule has 1 saturated heterocycles. The lowest BCUT2D eigenvalue weighted by molar-refractivity contribution is 0.189. The highest BCUT2D eigenvalue weighted by Gasteiger charge is 2.23. The molecule has 0 saturated carbocycles. The van der Waals surface area contributed by atoms with E-state index in [1.165, 1.54) is 12.5 Å². The highest BCUT2D eigenvalue weighted by atomic mass is 35.5. The molecule has 1 aromatic carbocycles. The first-order chi connectivity index (χ1) is 12.6. The predicted molar refractivity (Wildman–Crippen MR) is 104 cm³/mol. The third kappa shape index (κ3) is 4.65. The molecule has 0 bridgehead atoms. The van der Waals surface area contributed by atoms with Crippen LogP contribution in [0.25, 0.3) is 0 Å². The van der Waals surface area contributed by atoms with E-state index >= 15 is 0 Å². The van der Waals surface area contributed by atoms with Gasteiger partial charge in [-0.1, -0.05) is 30.7 Å². The minimum atomic E-state index is -0.366. The van der Waals surface area contributed by atoms with E-state index in [1.54, 1.807) is 18.2 Å². The Morgan fingerprint density at radius 3 is 2.85 bits per heavy atom. The number of hydrogen-bond acceptors (Lipinski definition) is 4. The Morgan fingerprint density at radius 2 is 2.12 bits per heavy atom. The second-order valence-corrected chi connectivity index (χ2v) is 7.13. The van der Waals surface area contributed by atoms with E-state index in [-0.39, 0.29) is 12.4 Å². The topological polar surface area (TPSA) is 28.6 Å². The molecule has 0 amide bonds. The molecule has 2 heterocycles. The van der Waals surface area contributed by atoms with Crippen LogP contribution in [0.2, 0.25) is 5.02 Å². The largest absolute Gasteiger partial charge is 0.473 e. The minimum Gasteiger partial charge on any atom is -0.473 e. The number of rotatable bonds is 6. The molecular formula is C20H25ClFN3O. The van der Waals surface area contributed by atoms with Crippen molar-refractivity contribution in [3.63, 3.8) is 0 Å². The lowest BCUT2D eigenvalue weighted by atomic mass is 10.2. The zero-order valence-corrected chi connectivity index (χ0v) is 16.0. The standard InChI is InChI=1S/C20H25ClFN3O/c1-3-9-24-10-11-25(13-15(24)2)19-5-4-6-20(23-19)26-14-16-7-8-17(21)12-18(16)22/h4-8,12,15H,3,9-11,13-14H2,1-2H3. The van der Waals surface area contributed by atoms with Crippen molar-refractivity contribution < 1.29 is 9.13 Å². The molecule has 1 aliphatic heterocycles. The van der Waals surface area contributed by atoms with Crippen molar-refractivity contribution in [1.82, 2.24) is 9.88 Å². The molecule has 140 valence electrons. The zero-order valence-electron chi connectivity index (χ0n) is 15.3. The second kappa shape index (κ2) is 8.69. The number of benzene rings is 1. The van der Waals surface area contributed by atoms with Gasteiger partial charge in [-0.2, -0.15) is 4.98 Å². The van der Waals surface area contributed by atoms with Crippen LogP contribution in [0.4, 0.5) is 10.2 Å². The van der Waals surface area contributed by atoms with Gasteiger partial charge in [-0.05, 0) is 38.1 Å². The average molecular weight is 378 g/mol. The summed E-state index contributed by atoms with van der Waals surface area (Å²) >= 11 is 5.78. The van der Waals surface area contributed by atoms with E-state index in [1.807, 2.05) is 12.1 Å². The fourth-order valence-electron chi connectivity index (χ4n) is 3.27. The van der Waals surface area contributed by atoms with Gasteiger partial charge in [-0.15, -0.1) is 0 Å². The van der Waals surface area contributed by atoms with Crippen molar-refractivity contribution >= 4 is 17.4 Å². The number of pyridine rings is 1. The van der Waals surface area contributed by atoms with E-state index in [0.29, 0.717) is 22.5 Å². The Labute approximate surface area is 159 Å². The molecule has 2 aromatic rings. The Kier molecular flexibility index (Phi) is 6.33. The summed E-state index contributed by atoms with van der Waals surface area (Å²) < 4.78 is 19.6. The Morgan fingerprint density at radius 1 is 1.27 bits per heavy atom. The molecule has 26 heavy (non-hydrogen) atoms. The van der Waals surface area contributed by atoms with Gasteiger partial charge >= 0.3 is 0 Å². The molecule has 1 atom stereocenters. The molecule has 0 spiro atoms. The van der Waals surface area contributed by atoms with Crippen molar-refractivity contribution in [2.75, 3.05) is 31.1 Å². The Bertz CT molecular complexity index is 743. The van der Waals surface area contributed by atoms with E-state index in [4.69, 9.17) is 16.3 Å². The van der Waals surface area contributed by atoms with Crippen molar-refractivity contribution in [1.29, 1.82) is 0 Å². The van der Waals surface area contributed by atoms with Crippen LogP contribution < -0.4 is 9.64 Å². The summed E-state index contributed by atoms with van der Waals surface area (Å²) in [7, 11) is 0. The molecular weight excluding hydrogens is 353 g/mol. The molecule has 1 unspecified atom stereocenters. The van der Waals surface area contributed by atoms with Gasteiger partial charge in [-0.25, -0.2) is 4.39 Å². The smallest absolute Gasteiger partial charge is 0.215 e. The van der Waals surface area contributed by atoms with Crippen LogP contribution in [0.5, 0.6) is 5.88 Å². The zero-order chi connectivity index (χ0) is 18.5. The van der Waals surface area contributed by atoms with Gasteiger partial charge in [-0.3, -0.25) is 4.90 Å². The lowest BCUT2D eigenvalue weighted by Crippen LogP contribution is -2.52. The maximum Gasteiger partial charge on any atom is 0.215 e. The van der Waals surface area contributed by atoms with Gasteiger partial charge in [0.1, 0.15) is 18.2 Å². The summed E-state index contributed by atoms with van der Waals surface area (Å²) in [5, 5.41) is 0.378. The lowest BCUT2D eigenvalue weighted by Gasteiger charge is -2.40. The molecule has 0 N–H and O–H groups in total. The molecule has 6 heteroatoms. The second-order valence-electron chi connectivity index (χ2n) is 6.69. The van der Waals surface area contributed by atoms with Gasteiger partial charge in [0.05, 0.1) is 0 Å². The fraction of sp³-hybridized carbons (Fsp3) is 0.450. The van der Waals surface area contributed by atoms with Gasteiger partial charge < -0.3 is 9.64 Å². The molecule has 0 aliphatic carbocycles. The van der Waals surface area contributed by atoms with Gasteiger partial charge in [0.25, 0.3) is 0 Å². The summed E-state index contributed by atoms with van der Waals surface area (Å²) in [4.78, 5) is 9.40. The Hall–Kier alpha value is -1.85. The van der Waals surface area contributed by atoms with Crippen LogP contribution in [0, 0.1) is 5.82 Å². The van der Waals surface area contributed by atoms with E-state index < -0.39 is 0 Å². The third-order valence-electron chi connectivity index (χ3n) is 4.70. The molecule has 3 rings (SSSR count). The van der Waals surface area contributed by atoms with Crippen molar-refractivity contribution in [3.8, 4) is 5.88 Å². The summed E-state index contributed by atoms with van der Waals surface area (Å²) in [5.41, 5.74) is 0.461. The quantitative estimate of drug-likeness (QED) is 0.747. The van der Waals surface area contributed by atoms with Crippen molar-refractivity contribution in [2.24, 2.45) is 0 Å². The van der Waals surface area contributed by atoms with Gasteiger partial charge in [0.15, 0.2) is 0 Å². The van der Waals surface area contributed by atoms with E-state index in [0.717, 1.165) is 32.0 Å². The number of piperazine rings is 1. The van der Waals surface area contributed by atoms with E-state index in [9.17, 15) is 4.39 Å². The summed E-state index contributed by atoms with van der Waals surface area (Å²) in [6, 6.07) is 10.8. The van der Waals surface area contributed by atoms with Crippen LogP contribution in [0.1, 0.15) is 25.8 Å². The number of nitrogens with zero attached hydrogens (tertiary/aromatic N) is 3. The highest BCUT2D eigenvalue weighted by Crippen LogP contribution is 2.21. The first-order valence-electron chi connectivity index (χ1n) is 9.09. The normalized spacial score (nSPS) is 18.2. The monoisotopic (exact) mass is 377 g/mol.